The van der Waals surface area contributed by atoms with Crippen LogP contribution in [0.2, 0.25) is 0 Å². The van der Waals surface area contributed by atoms with Crippen LogP contribution in [0, 0.1) is 0 Å². The van der Waals surface area contributed by atoms with Gasteiger partial charge in [-0.05, 0) is 28.8 Å². The number of aliphatic hydroxyl groups excluding tert-OH is 1. The van der Waals surface area contributed by atoms with Crippen molar-refractivity contribution in [1.29, 1.82) is 0 Å². The van der Waals surface area contributed by atoms with Gasteiger partial charge in [0.1, 0.15) is 0 Å². The first-order valence-corrected chi connectivity index (χ1v) is 5.16. The van der Waals surface area contributed by atoms with Crippen molar-refractivity contribution in [3.8, 4) is 0 Å². The van der Waals surface area contributed by atoms with Gasteiger partial charge in [-0.15, -0.1) is 0 Å². The molecule has 0 saturated heterocycles. The Morgan fingerprint density at radius 2 is 1.44 bits per heavy atom. The Morgan fingerprint density at radius 3 is 2.00 bits per heavy atom. The predicted octanol–water partition coefficient (Wildman–Crippen LogP) is 2.74. The minimum absolute atomic E-state index is 0.0916. The van der Waals surface area contributed by atoms with Crippen molar-refractivity contribution in [2.45, 2.75) is 6.61 Å². The van der Waals surface area contributed by atoms with Crippen molar-refractivity contribution >= 4 is 12.2 Å². The molecule has 0 saturated carbocycles. The summed E-state index contributed by atoms with van der Waals surface area (Å²) in [6.45, 7) is 0.0916. The van der Waals surface area contributed by atoms with Crippen molar-refractivity contribution in [2.24, 2.45) is 0 Å². The molecular weight excluding hydrogens is 198 g/mol. The highest BCUT2D eigenvalue weighted by Crippen LogP contribution is 2.09. The van der Waals surface area contributed by atoms with Crippen LogP contribution in [0.15, 0.2) is 48.8 Å². The van der Waals surface area contributed by atoms with E-state index < -0.39 is 0 Å². The zero-order valence-electron chi connectivity index (χ0n) is 8.88. The summed E-state index contributed by atoms with van der Waals surface area (Å²) in [5.41, 5.74) is 3.18. The number of nitrogens with zero attached hydrogens (tertiary/aromatic N) is 1. The maximum absolute atomic E-state index is 8.91. The highest BCUT2D eigenvalue weighted by molar-refractivity contribution is 5.69. The lowest BCUT2D eigenvalue weighted by Gasteiger charge is -1.97. The Bertz CT molecular complexity index is 460. The maximum Gasteiger partial charge on any atom is 0.0681 e. The summed E-state index contributed by atoms with van der Waals surface area (Å²) < 4.78 is 0. The number of aromatic nitrogens is 1. The zero-order valence-corrected chi connectivity index (χ0v) is 8.88. The molecule has 0 aliphatic heterocycles. The fraction of sp³-hybridized carbons (Fsp3) is 0.0714. The Hall–Kier alpha value is -1.93. The second-order valence-corrected chi connectivity index (χ2v) is 3.51. The molecule has 1 heterocycles. The van der Waals surface area contributed by atoms with E-state index in [0.29, 0.717) is 0 Å². The molecule has 2 rings (SSSR count). The van der Waals surface area contributed by atoms with E-state index in [4.69, 9.17) is 5.11 Å². The summed E-state index contributed by atoms with van der Waals surface area (Å²) in [6.07, 6.45) is 7.62. The summed E-state index contributed by atoms with van der Waals surface area (Å²) in [5, 5.41) is 8.91. The third-order valence-corrected chi connectivity index (χ3v) is 2.34. The molecule has 0 bridgehead atoms. The molecule has 16 heavy (non-hydrogen) atoms. The van der Waals surface area contributed by atoms with Crippen LogP contribution in [0.4, 0.5) is 0 Å². The quantitative estimate of drug-likeness (QED) is 0.846. The molecule has 2 nitrogen and oxygen atoms in total. The summed E-state index contributed by atoms with van der Waals surface area (Å²) in [6, 6.07) is 11.7. The standard InChI is InChI=1S/C14H13NO/c16-11-14-5-3-12(4-6-14)1-2-13-7-9-15-10-8-13/h1-10,16H,11H2/b2-1+. The third kappa shape index (κ3) is 2.78. The number of pyridine rings is 1. The monoisotopic (exact) mass is 211 g/mol. The van der Waals surface area contributed by atoms with Gasteiger partial charge in [-0.1, -0.05) is 36.4 Å². The van der Waals surface area contributed by atoms with E-state index in [0.717, 1.165) is 16.7 Å². The van der Waals surface area contributed by atoms with Crippen LogP contribution in [0.25, 0.3) is 12.2 Å². The van der Waals surface area contributed by atoms with Crippen LogP contribution in [0.1, 0.15) is 16.7 Å². The van der Waals surface area contributed by atoms with Crippen LogP contribution in [-0.2, 0) is 6.61 Å². The average molecular weight is 211 g/mol. The van der Waals surface area contributed by atoms with Crippen LogP contribution in [-0.4, -0.2) is 10.1 Å². The maximum atomic E-state index is 8.91. The molecule has 0 aliphatic carbocycles. The van der Waals surface area contributed by atoms with E-state index in [2.05, 4.69) is 4.98 Å². The van der Waals surface area contributed by atoms with E-state index in [1.165, 1.54) is 0 Å². The lowest BCUT2D eigenvalue weighted by Crippen LogP contribution is -1.81. The lowest BCUT2D eigenvalue weighted by atomic mass is 10.1. The van der Waals surface area contributed by atoms with Gasteiger partial charge in [-0.2, -0.15) is 0 Å². The highest BCUT2D eigenvalue weighted by Gasteiger charge is 1.90. The van der Waals surface area contributed by atoms with Gasteiger partial charge in [-0.25, -0.2) is 0 Å². The molecule has 0 unspecified atom stereocenters. The predicted molar refractivity (Wildman–Crippen MR) is 65.5 cm³/mol. The van der Waals surface area contributed by atoms with E-state index >= 15 is 0 Å². The van der Waals surface area contributed by atoms with Gasteiger partial charge in [0.2, 0.25) is 0 Å². The molecule has 0 fully saturated rings. The van der Waals surface area contributed by atoms with Gasteiger partial charge in [0.15, 0.2) is 0 Å². The van der Waals surface area contributed by atoms with Gasteiger partial charge in [0, 0.05) is 12.4 Å². The molecule has 1 aromatic carbocycles. The first-order valence-electron chi connectivity index (χ1n) is 5.16. The molecular formula is C14H13NO. The molecule has 0 amide bonds. The number of rotatable bonds is 3. The fourth-order valence-corrected chi connectivity index (χ4v) is 1.40. The molecule has 2 aromatic rings. The van der Waals surface area contributed by atoms with Crippen LogP contribution < -0.4 is 0 Å². The van der Waals surface area contributed by atoms with Crippen molar-refractivity contribution in [3.63, 3.8) is 0 Å². The van der Waals surface area contributed by atoms with Crippen LogP contribution in [0.3, 0.4) is 0 Å². The Kier molecular flexibility index (Phi) is 3.46. The van der Waals surface area contributed by atoms with Crippen molar-refractivity contribution in [3.05, 3.63) is 65.5 Å². The molecule has 2 heteroatoms. The second kappa shape index (κ2) is 5.24. The van der Waals surface area contributed by atoms with Gasteiger partial charge in [-0.3, -0.25) is 4.98 Å². The second-order valence-electron chi connectivity index (χ2n) is 3.51. The number of hydrogen-bond donors (Lipinski definition) is 1. The molecule has 0 radical (unpaired) electrons. The summed E-state index contributed by atoms with van der Waals surface area (Å²) in [4.78, 5) is 3.96. The molecule has 0 aliphatic rings. The average Bonchev–Trinajstić information content (AvgIpc) is 2.38. The van der Waals surface area contributed by atoms with E-state index in [9.17, 15) is 0 Å². The summed E-state index contributed by atoms with van der Waals surface area (Å²) in [7, 11) is 0. The Morgan fingerprint density at radius 1 is 0.875 bits per heavy atom. The largest absolute Gasteiger partial charge is 0.392 e. The van der Waals surface area contributed by atoms with Crippen molar-refractivity contribution < 1.29 is 5.11 Å². The van der Waals surface area contributed by atoms with Crippen LogP contribution in [0.5, 0.6) is 0 Å². The number of benzene rings is 1. The van der Waals surface area contributed by atoms with Gasteiger partial charge >= 0.3 is 0 Å². The number of aliphatic hydroxyl groups is 1. The topological polar surface area (TPSA) is 33.1 Å². The molecule has 80 valence electrons. The minimum atomic E-state index is 0.0916. The smallest absolute Gasteiger partial charge is 0.0681 e. The zero-order chi connectivity index (χ0) is 11.2. The minimum Gasteiger partial charge on any atom is -0.392 e. The van der Waals surface area contributed by atoms with E-state index in [-0.39, 0.29) is 6.61 Å². The Balaban J connectivity index is 2.12. The molecule has 1 aromatic heterocycles. The van der Waals surface area contributed by atoms with Gasteiger partial charge in [0.25, 0.3) is 0 Å². The Labute approximate surface area is 94.9 Å². The molecule has 1 N–H and O–H groups in total. The molecule has 0 spiro atoms. The highest BCUT2D eigenvalue weighted by atomic mass is 16.3. The van der Waals surface area contributed by atoms with E-state index in [1.807, 2.05) is 48.6 Å². The summed E-state index contributed by atoms with van der Waals surface area (Å²) >= 11 is 0. The first kappa shape index (κ1) is 10.6. The number of hydrogen-bond acceptors (Lipinski definition) is 2. The fourth-order valence-electron chi connectivity index (χ4n) is 1.40. The lowest BCUT2D eigenvalue weighted by molar-refractivity contribution is 0.282. The van der Waals surface area contributed by atoms with Gasteiger partial charge in [0.05, 0.1) is 6.61 Å². The van der Waals surface area contributed by atoms with Gasteiger partial charge < -0.3 is 5.11 Å². The third-order valence-electron chi connectivity index (χ3n) is 2.34. The van der Waals surface area contributed by atoms with Crippen molar-refractivity contribution in [2.75, 3.05) is 0 Å². The summed E-state index contributed by atoms with van der Waals surface area (Å²) in [5.74, 6) is 0. The molecule has 0 atom stereocenters. The van der Waals surface area contributed by atoms with Crippen LogP contribution >= 0.6 is 0 Å². The van der Waals surface area contributed by atoms with Crippen molar-refractivity contribution in [1.82, 2.24) is 4.98 Å². The normalized spacial score (nSPS) is 10.8. The van der Waals surface area contributed by atoms with E-state index in [1.54, 1.807) is 12.4 Å². The SMILES string of the molecule is OCc1ccc(/C=C/c2ccncc2)cc1. The first-order chi connectivity index (χ1) is 7.88.